The molecule has 1 heterocycles. The minimum Gasteiger partial charge on any atom is -0.303 e. The molecular weight excluding hydrogens is 285 g/mol. The predicted octanol–water partition coefficient (Wildman–Crippen LogP) is 3.45. The first-order valence-corrected chi connectivity index (χ1v) is 9.39. The molecule has 1 aromatic carbocycles. The van der Waals surface area contributed by atoms with Crippen LogP contribution in [0.3, 0.4) is 0 Å². The van der Waals surface area contributed by atoms with E-state index in [1.54, 1.807) is 12.1 Å². The van der Waals surface area contributed by atoms with Crippen LogP contribution in [-0.2, 0) is 10.8 Å². The van der Waals surface area contributed by atoms with E-state index in [1.807, 2.05) is 0 Å². The molecule has 0 aromatic heterocycles. The van der Waals surface area contributed by atoms with Crippen LogP contribution in [0.5, 0.6) is 0 Å². The molecule has 0 radical (unpaired) electrons. The largest absolute Gasteiger partial charge is 0.303 e. The van der Waals surface area contributed by atoms with Gasteiger partial charge in [-0.25, -0.2) is 4.39 Å². The maximum Gasteiger partial charge on any atom is 0.123 e. The van der Waals surface area contributed by atoms with Gasteiger partial charge in [0.05, 0.1) is 10.8 Å². The number of halogens is 1. The Labute approximate surface area is 129 Å². The molecule has 2 nitrogen and oxygen atoms in total. The van der Waals surface area contributed by atoms with Crippen molar-refractivity contribution in [2.75, 3.05) is 25.4 Å². The molecule has 0 unspecified atom stereocenters. The maximum absolute atomic E-state index is 12.9. The van der Waals surface area contributed by atoms with Crippen molar-refractivity contribution in [1.29, 1.82) is 0 Å². The fraction of sp³-hybridized carbons (Fsp3) is 0.647. The highest BCUT2D eigenvalue weighted by Gasteiger charge is 2.25. The van der Waals surface area contributed by atoms with Crippen molar-refractivity contribution in [3.05, 3.63) is 30.1 Å². The van der Waals surface area contributed by atoms with E-state index in [9.17, 15) is 8.60 Å². The van der Waals surface area contributed by atoms with Gasteiger partial charge < -0.3 is 4.90 Å². The Morgan fingerprint density at radius 3 is 2.33 bits per heavy atom. The van der Waals surface area contributed by atoms with Gasteiger partial charge in [0, 0.05) is 10.6 Å². The van der Waals surface area contributed by atoms with Crippen molar-refractivity contribution >= 4 is 10.8 Å². The van der Waals surface area contributed by atoms with Crippen LogP contribution in [0.25, 0.3) is 0 Å². The van der Waals surface area contributed by atoms with Crippen molar-refractivity contribution in [2.45, 2.75) is 37.0 Å². The lowest BCUT2D eigenvalue weighted by Gasteiger charge is -2.31. The Bertz CT molecular complexity index is 478. The molecule has 1 aliphatic carbocycles. The lowest BCUT2D eigenvalue weighted by molar-refractivity contribution is 0.189. The molecule has 1 aliphatic heterocycles. The van der Waals surface area contributed by atoms with Crippen molar-refractivity contribution in [1.82, 2.24) is 4.90 Å². The van der Waals surface area contributed by atoms with Gasteiger partial charge in [-0.15, -0.1) is 0 Å². The summed E-state index contributed by atoms with van der Waals surface area (Å²) >= 11 is 0. The first kappa shape index (κ1) is 15.2. The number of benzene rings is 1. The first-order chi connectivity index (χ1) is 10.2. The quantitative estimate of drug-likeness (QED) is 0.802. The van der Waals surface area contributed by atoms with Gasteiger partial charge in [0.25, 0.3) is 0 Å². The summed E-state index contributed by atoms with van der Waals surface area (Å²) in [6.07, 6.45) is 6.54. The van der Waals surface area contributed by atoms with E-state index in [1.165, 1.54) is 37.9 Å². The van der Waals surface area contributed by atoms with Crippen LogP contribution >= 0.6 is 0 Å². The number of hydrogen-bond acceptors (Lipinski definition) is 2. The number of likely N-dealkylation sites (tertiary alicyclic amines) is 1. The van der Waals surface area contributed by atoms with E-state index in [0.717, 1.165) is 42.5 Å². The van der Waals surface area contributed by atoms with Gasteiger partial charge in [0.1, 0.15) is 5.82 Å². The highest BCUT2D eigenvalue weighted by molar-refractivity contribution is 7.85. The number of rotatable bonds is 6. The van der Waals surface area contributed by atoms with E-state index < -0.39 is 10.8 Å². The standard InChI is InChI=1S/C17H24FNOS/c18-16-3-5-17(6-4-16)21(20)13-15-8-11-19(12-9-15)10-7-14-1-2-14/h3-6,14-15H,1-2,7-13H2/t21-/m1/s1. The van der Waals surface area contributed by atoms with Crippen LogP contribution in [0.2, 0.25) is 0 Å². The average Bonchev–Trinajstić information content (AvgIpc) is 3.31. The van der Waals surface area contributed by atoms with Gasteiger partial charge in [0.2, 0.25) is 0 Å². The summed E-state index contributed by atoms with van der Waals surface area (Å²) in [5.74, 6) is 2.02. The summed E-state index contributed by atoms with van der Waals surface area (Å²) in [4.78, 5) is 3.32. The van der Waals surface area contributed by atoms with E-state index in [-0.39, 0.29) is 5.82 Å². The summed E-state index contributed by atoms with van der Waals surface area (Å²) in [6, 6.07) is 6.09. The second-order valence-electron chi connectivity index (χ2n) is 6.48. The highest BCUT2D eigenvalue weighted by Crippen LogP contribution is 2.33. The van der Waals surface area contributed by atoms with Crippen molar-refractivity contribution in [2.24, 2.45) is 11.8 Å². The average molecular weight is 309 g/mol. The second kappa shape index (κ2) is 7.01. The second-order valence-corrected chi connectivity index (χ2v) is 7.98. The zero-order chi connectivity index (χ0) is 14.7. The lowest BCUT2D eigenvalue weighted by Crippen LogP contribution is -2.36. The predicted molar refractivity (Wildman–Crippen MR) is 84.2 cm³/mol. The Morgan fingerprint density at radius 2 is 1.71 bits per heavy atom. The Kier molecular flexibility index (Phi) is 5.07. The zero-order valence-electron chi connectivity index (χ0n) is 12.5. The van der Waals surface area contributed by atoms with E-state index in [4.69, 9.17) is 0 Å². The molecule has 0 amide bonds. The summed E-state index contributed by atoms with van der Waals surface area (Å²) < 4.78 is 25.2. The maximum atomic E-state index is 12.9. The third-order valence-corrected chi connectivity index (χ3v) is 6.29. The lowest BCUT2D eigenvalue weighted by atomic mass is 9.99. The molecule has 0 spiro atoms. The summed E-state index contributed by atoms with van der Waals surface area (Å²) in [5, 5.41) is 0. The van der Waals surface area contributed by atoms with Gasteiger partial charge in [-0.05, 0) is 75.0 Å². The van der Waals surface area contributed by atoms with Crippen LogP contribution in [0, 0.1) is 17.7 Å². The molecule has 0 bridgehead atoms. The fourth-order valence-corrected chi connectivity index (χ4v) is 4.44. The topological polar surface area (TPSA) is 20.3 Å². The fourth-order valence-electron chi connectivity index (χ4n) is 3.05. The van der Waals surface area contributed by atoms with Crippen LogP contribution in [0.15, 0.2) is 29.2 Å². The van der Waals surface area contributed by atoms with Gasteiger partial charge in [0.15, 0.2) is 0 Å². The molecule has 1 atom stereocenters. The van der Waals surface area contributed by atoms with Gasteiger partial charge in [-0.3, -0.25) is 4.21 Å². The molecule has 2 aliphatic rings. The minimum atomic E-state index is -0.987. The van der Waals surface area contributed by atoms with Crippen molar-refractivity contribution < 1.29 is 8.60 Å². The van der Waals surface area contributed by atoms with Crippen LogP contribution in [-0.4, -0.2) is 34.5 Å². The van der Waals surface area contributed by atoms with Crippen molar-refractivity contribution in [3.63, 3.8) is 0 Å². The van der Waals surface area contributed by atoms with E-state index in [2.05, 4.69) is 4.90 Å². The van der Waals surface area contributed by atoms with Crippen LogP contribution in [0.4, 0.5) is 4.39 Å². The molecule has 3 rings (SSSR count). The molecule has 1 saturated heterocycles. The zero-order valence-corrected chi connectivity index (χ0v) is 13.3. The normalized spacial score (nSPS) is 22.3. The van der Waals surface area contributed by atoms with Gasteiger partial charge >= 0.3 is 0 Å². The highest BCUT2D eigenvalue weighted by atomic mass is 32.2. The minimum absolute atomic E-state index is 0.264. The van der Waals surface area contributed by atoms with Gasteiger partial charge in [-0.2, -0.15) is 0 Å². The molecule has 2 fully saturated rings. The number of nitrogens with zero attached hydrogens (tertiary/aromatic N) is 1. The summed E-state index contributed by atoms with van der Waals surface area (Å²) in [7, 11) is -0.987. The molecule has 116 valence electrons. The molecule has 1 aromatic rings. The number of hydrogen-bond donors (Lipinski definition) is 0. The Morgan fingerprint density at radius 1 is 1.05 bits per heavy atom. The van der Waals surface area contributed by atoms with E-state index >= 15 is 0 Å². The first-order valence-electron chi connectivity index (χ1n) is 8.07. The number of piperidine rings is 1. The third-order valence-electron chi connectivity index (χ3n) is 4.72. The third kappa shape index (κ3) is 4.62. The SMILES string of the molecule is O=[S@](CC1CCN(CCC2CC2)CC1)c1ccc(F)cc1. The molecule has 1 saturated carbocycles. The summed E-state index contributed by atoms with van der Waals surface area (Å²) in [6.45, 7) is 3.55. The molecule has 4 heteroatoms. The Hall–Kier alpha value is -0.740. The van der Waals surface area contributed by atoms with Gasteiger partial charge in [-0.1, -0.05) is 12.8 Å². The Balaban J connectivity index is 1.41. The monoisotopic (exact) mass is 309 g/mol. The smallest absolute Gasteiger partial charge is 0.123 e. The van der Waals surface area contributed by atoms with E-state index in [0.29, 0.717) is 5.92 Å². The molecule has 0 N–H and O–H groups in total. The molecular formula is C17H24FNOS. The summed E-state index contributed by atoms with van der Waals surface area (Å²) in [5.41, 5.74) is 0. The van der Waals surface area contributed by atoms with Crippen molar-refractivity contribution in [3.8, 4) is 0 Å². The van der Waals surface area contributed by atoms with Crippen LogP contribution < -0.4 is 0 Å². The van der Waals surface area contributed by atoms with Crippen LogP contribution in [0.1, 0.15) is 32.1 Å². The molecule has 21 heavy (non-hydrogen) atoms.